The molecule has 2 aliphatic heterocycles. The van der Waals surface area contributed by atoms with Gasteiger partial charge in [0.2, 0.25) is 0 Å². The Morgan fingerprint density at radius 2 is 1.97 bits per heavy atom. The Morgan fingerprint density at radius 1 is 1.26 bits per heavy atom. The van der Waals surface area contributed by atoms with E-state index in [0.29, 0.717) is 12.0 Å². The maximum atomic E-state index is 10.6. The van der Waals surface area contributed by atoms with E-state index in [1.54, 1.807) is 0 Å². The van der Waals surface area contributed by atoms with Crippen LogP contribution in [0.1, 0.15) is 31.2 Å². The lowest BCUT2D eigenvalue weighted by Crippen LogP contribution is -2.51. The predicted molar refractivity (Wildman–Crippen MR) is 103 cm³/mol. The maximum absolute atomic E-state index is 10.6. The van der Waals surface area contributed by atoms with Gasteiger partial charge < -0.3 is 19.3 Å². The number of hydrogen-bond acceptors (Lipinski definition) is 6. The molecule has 3 fully saturated rings. The lowest BCUT2D eigenvalue weighted by Gasteiger charge is -2.39. The number of hydrogen-bond donors (Lipinski definition) is 1. The Balaban J connectivity index is 0.000000339. The van der Waals surface area contributed by atoms with Gasteiger partial charge in [-0.3, -0.25) is 9.58 Å². The van der Waals surface area contributed by atoms with Gasteiger partial charge in [0.05, 0.1) is 31.6 Å². The monoisotopic (exact) mass is 449 g/mol. The standard InChI is InChI=1S/C18H29N3O3.C2HF3O2/c1-20-11-15(10-19-20)12-21-6-9-23-18-16(21)2-3-17(18)24-13-14-4-7-22-8-5-14;3-2(4,5)1(6)7/h10-11,14,16-18H,2-9,12-13H2,1H3;(H,6,7)/t16-,17+,18+;/m0./s1. The second-order valence-corrected chi connectivity index (χ2v) is 8.20. The maximum Gasteiger partial charge on any atom is 0.490 e. The minimum atomic E-state index is -5.08. The van der Waals surface area contributed by atoms with Crippen molar-refractivity contribution in [3.8, 4) is 0 Å². The largest absolute Gasteiger partial charge is 0.490 e. The van der Waals surface area contributed by atoms with Gasteiger partial charge in [0.1, 0.15) is 0 Å². The van der Waals surface area contributed by atoms with Gasteiger partial charge in [0.25, 0.3) is 0 Å². The number of nitrogens with zero attached hydrogens (tertiary/aromatic N) is 3. The molecule has 0 radical (unpaired) electrons. The minimum absolute atomic E-state index is 0.232. The van der Waals surface area contributed by atoms with Crippen molar-refractivity contribution in [1.29, 1.82) is 0 Å². The molecule has 0 bridgehead atoms. The minimum Gasteiger partial charge on any atom is -0.475 e. The number of fused-ring (bicyclic) bond motifs is 1. The quantitative estimate of drug-likeness (QED) is 0.738. The van der Waals surface area contributed by atoms with Gasteiger partial charge in [0.15, 0.2) is 0 Å². The number of halogens is 3. The lowest BCUT2D eigenvalue weighted by molar-refractivity contribution is -0.192. The Kier molecular flexibility index (Phi) is 8.31. The van der Waals surface area contributed by atoms with E-state index in [4.69, 9.17) is 24.1 Å². The van der Waals surface area contributed by atoms with E-state index in [0.717, 1.165) is 58.8 Å². The first-order valence-electron chi connectivity index (χ1n) is 10.6. The van der Waals surface area contributed by atoms with Crippen molar-refractivity contribution in [1.82, 2.24) is 14.7 Å². The van der Waals surface area contributed by atoms with Gasteiger partial charge in [-0.05, 0) is 31.6 Å². The molecule has 0 spiro atoms. The van der Waals surface area contributed by atoms with Crippen molar-refractivity contribution in [3.05, 3.63) is 18.0 Å². The zero-order valence-corrected chi connectivity index (χ0v) is 17.6. The zero-order chi connectivity index (χ0) is 22.4. The molecule has 4 rings (SSSR count). The second-order valence-electron chi connectivity index (χ2n) is 8.20. The topological polar surface area (TPSA) is 86.0 Å². The van der Waals surface area contributed by atoms with Gasteiger partial charge in [-0.15, -0.1) is 0 Å². The number of aromatic nitrogens is 2. The molecule has 176 valence electrons. The van der Waals surface area contributed by atoms with Gasteiger partial charge in [-0.2, -0.15) is 18.3 Å². The van der Waals surface area contributed by atoms with Crippen LogP contribution in [0.25, 0.3) is 0 Å². The summed E-state index contributed by atoms with van der Waals surface area (Å²) in [6.07, 6.45) is 4.04. The number of aryl methyl sites for hydroxylation is 1. The average molecular weight is 449 g/mol. The lowest BCUT2D eigenvalue weighted by atomic mass is 10.0. The Hall–Kier alpha value is -1.69. The smallest absolute Gasteiger partial charge is 0.475 e. The van der Waals surface area contributed by atoms with Gasteiger partial charge >= 0.3 is 12.1 Å². The van der Waals surface area contributed by atoms with E-state index in [2.05, 4.69) is 16.2 Å². The second kappa shape index (κ2) is 10.8. The normalized spacial score (nSPS) is 27.4. The van der Waals surface area contributed by atoms with Crippen molar-refractivity contribution in [3.63, 3.8) is 0 Å². The first kappa shape index (κ1) is 24.0. The Labute approximate surface area is 179 Å². The summed E-state index contributed by atoms with van der Waals surface area (Å²) >= 11 is 0. The molecule has 1 saturated carbocycles. The van der Waals surface area contributed by atoms with Crippen LogP contribution in [0.3, 0.4) is 0 Å². The number of alkyl halides is 3. The number of ether oxygens (including phenoxy) is 3. The fraction of sp³-hybridized carbons (Fsp3) is 0.800. The highest BCUT2D eigenvalue weighted by Gasteiger charge is 2.43. The number of rotatable bonds is 5. The van der Waals surface area contributed by atoms with Crippen LogP contribution in [0.4, 0.5) is 13.2 Å². The van der Waals surface area contributed by atoms with Crippen LogP contribution in [0.2, 0.25) is 0 Å². The summed E-state index contributed by atoms with van der Waals surface area (Å²) < 4.78 is 51.5. The van der Waals surface area contributed by atoms with E-state index in [-0.39, 0.29) is 12.2 Å². The number of carboxylic acid groups (broad SMARTS) is 1. The Bertz CT molecular complexity index is 708. The first-order chi connectivity index (χ1) is 14.7. The van der Waals surface area contributed by atoms with Crippen molar-refractivity contribution < 1.29 is 37.3 Å². The van der Waals surface area contributed by atoms with E-state index < -0.39 is 12.1 Å². The first-order valence-corrected chi connectivity index (χ1v) is 10.6. The van der Waals surface area contributed by atoms with Crippen LogP contribution in [0, 0.1) is 5.92 Å². The van der Waals surface area contributed by atoms with Crippen LogP contribution in [0.5, 0.6) is 0 Å². The summed E-state index contributed by atoms with van der Waals surface area (Å²) in [5, 5.41) is 11.4. The van der Waals surface area contributed by atoms with Gasteiger partial charge in [0, 0.05) is 51.2 Å². The highest BCUT2D eigenvalue weighted by atomic mass is 19.4. The molecule has 3 aliphatic rings. The molecular weight excluding hydrogens is 419 g/mol. The van der Waals surface area contributed by atoms with Crippen LogP contribution >= 0.6 is 0 Å². The zero-order valence-electron chi connectivity index (χ0n) is 17.6. The molecule has 8 nitrogen and oxygen atoms in total. The molecule has 1 aliphatic carbocycles. The molecule has 2 saturated heterocycles. The molecule has 31 heavy (non-hydrogen) atoms. The molecule has 0 amide bonds. The fourth-order valence-electron chi connectivity index (χ4n) is 4.33. The molecule has 3 heterocycles. The third-order valence-corrected chi connectivity index (χ3v) is 5.92. The van der Waals surface area contributed by atoms with E-state index in [9.17, 15) is 13.2 Å². The summed E-state index contributed by atoms with van der Waals surface area (Å²) in [5.41, 5.74) is 1.28. The van der Waals surface area contributed by atoms with Gasteiger partial charge in [-0.1, -0.05) is 0 Å². The van der Waals surface area contributed by atoms with Gasteiger partial charge in [-0.25, -0.2) is 4.79 Å². The number of carboxylic acids is 1. The number of morpholine rings is 1. The molecule has 3 atom stereocenters. The summed E-state index contributed by atoms with van der Waals surface area (Å²) in [6, 6.07) is 0.485. The molecule has 11 heteroatoms. The number of aliphatic carboxylic acids is 1. The molecule has 1 aromatic heterocycles. The van der Waals surface area contributed by atoms with Crippen LogP contribution in [-0.2, 0) is 32.6 Å². The highest BCUT2D eigenvalue weighted by molar-refractivity contribution is 5.73. The molecule has 0 unspecified atom stereocenters. The molecule has 1 aromatic rings. The van der Waals surface area contributed by atoms with Crippen LogP contribution in [0.15, 0.2) is 12.4 Å². The predicted octanol–water partition coefficient (Wildman–Crippen LogP) is 2.23. The van der Waals surface area contributed by atoms with E-state index in [1.165, 1.54) is 12.0 Å². The molecular formula is C20H30F3N3O5. The number of carbonyl (C=O) groups is 1. The summed E-state index contributed by atoms with van der Waals surface area (Å²) in [5.74, 6) is -2.10. The molecule has 1 N–H and O–H groups in total. The van der Waals surface area contributed by atoms with Crippen LogP contribution < -0.4 is 0 Å². The highest BCUT2D eigenvalue weighted by Crippen LogP contribution is 2.33. The molecule has 0 aromatic carbocycles. The fourth-order valence-corrected chi connectivity index (χ4v) is 4.33. The summed E-state index contributed by atoms with van der Waals surface area (Å²) in [6.45, 7) is 5.41. The summed E-state index contributed by atoms with van der Waals surface area (Å²) in [7, 11) is 1.97. The third-order valence-electron chi connectivity index (χ3n) is 5.92. The Morgan fingerprint density at radius 3 is 2.58 bits per heavy atom. The third kappa shape index (κ3) is 6.90. The van der Waals surface area contributed by atoms with Crippen molar-refractivity contribution in [2.75, 3.05) is 33.0 Å². The van der Waals surface area contributed by atoms with Crippen molar-refractivity contribution in [2.45, 2.75) is 56.7 Å². The summed E-state index contributed by atoms with van der Waals surface area (Å²) in [4.78, 5) is 11.5. The van der Waals surface area contributed by atoms with E-state index >= 15 is 0 Å². The van der Waals surface area contributed by atoms with Crippen molar-refractivity contribution >= 4 is 5.97 Å². The SMILES string of the molecule is Cn1cc(CN2CCO[C@H]3[C@H](OCC4CCOCC4)CC[C@@H]32)cn1.O=C(O)C(F)(F)F. The van der Waals surface area contributed by atoms with Crippen LogP contribution in [-0.4, -0.2) is 83.2 Å². The average Bonchev–Trinajstić information content (AvgIpc) is 3.33. The van der Waals surface area contributed by atoms with Crippen molar-refractivity contribution in [2.24, 2.45) is 13.0 Å². The van der Waals surface area contributed by atoms with E-state index in [1.807, 2.05) is 17.9 Å².